The zero-order valence-corrected chi connectivity index (χ0v) is 26.6. The molecule has 3 aromatic rings. The molecule has 0 radical (unpaired) electrons. The Labute approximate surface area is 269 Å². The summed E-state index contributed by atoms with van der Waals surface area (Å²) in [4.78, 5) is 0. The number of unbranched alkanes of at least 4 members (excludes halogenated alkanes) is 1. The van der Waals surface area contributed by atoms with Crippen molar-refractivity contribution >= 4 is 5.83 Å². The molecule has 2 aliphatic carbocycles. The summed E-state index contributed by atoms with van der Waals surface area (Å²) in [5, 5.41) is 0. The van der Waals surface area contributed by atoms with Crippen LogP contribution in [0.5, 0.6) is 0 Å². The van der Waals surface area contributed by atoms with Crippen molar-refractivity contribution in [2.45, 2.75) is 96.3 Å². The molecule has 3 aromatic carbocycles. The van der Waals surface area contributed by atoms with E-state index in [2.05, 4.69) is 12.2 Å². The number of rotatable bonds is 11. The first-order chi connectivity index (χ1) is 22.2. The van der Waals surface area contributed by atoms with Crippen molar-refractivity contribution in [3.05, 3.63) is 113 Å². The molecule has 46 heavy (non-hydrogen) atoms. The second kappa shape index (κ2) is 16.0. The fourth-order valence-corrected chi connectivity index (χ4v) is 7.16. The second-order valence-electron chi connectivity index (χ2n) is 13.3. The van der Waals surface area contributed by atoms with Crippen molar-refractivity contribution in [3.63, 3.8) is 0 Å². The quantitative estimate of drug-likeness (QED) is 0.111. The third-order valence-corrected chi connectivity index (χ3v) is 10.1. The Morgan fingerprint density at radius 3 is 1.89 bits per heavy atom. The van der Waals surface area contributed by atoms with Crippen molar-refractivity contribution in [2.75, 3.05) is 0 Å². The molecule has 0 heterocycles. The van der Waals surface area contributed by atoms with Gasteiger partial charge in [0.2, 0.25) is 0 Å². The average molecular weight is 639 g/mol. The van der Waals surface area contributed by atoms with Gasteiger partial charge in [-0.1, -0.05) is 61.9 Å². The van der Waals surface area contributed by atoms with Crippen LogP contribution >= 0.6 is 0 Å². The highest BCUT2D eigenvalue weighted by Gasteiger charge is 2.25. The van der Waals surface area contributed by atoms with E-state index in [1.807, 2.05) is 31.2 Å². The largest absolute Gasteiger partial charge is 0.209 e. The number of benzene rings is 3. The Balaban J connectivity index is 1.03. The lowest BCUT2D eigenvalue weighted by Crippen LogP contribution is -2.15. The lowest BCUT2D eigenvalue weighted by atomic mass is 9.76. The van der Waals surface area contributed by atoms with E-state index < -0.39 is 34.9 Å². The molecule has 0 bridgehead atoms. The van der Waals surface area contributed by atoms with Gasteiger partial charge in [-0.3, -0.25) is 0 Å². The molecule has 6 heteroatoms. The van der Waals surface area contributed by atoms with E-state index in [-0.39, 0.29) is 17.9 Å². The van der Waals surface area contributed by atoms with E-state index in [0.29, 0.717) is 40.9 Å². The molecule has 5 rings (SSSR count). The standard InChI is InChI=1S/C40H44F6/c1-2-3-4-35(41)39(45)32-21-22-34(36(42)23-32)31-19-15-29(16-20-31)12-10-27-7-5-26(6-8-27)9-11-28-13-17-30(18-14-28)33-24-37(43)40(46)38(44)25-33/h10,12-14,17-18,21-27,29,31H,2-9,11,15-16,19-20H2,1H3/b12-10+,39-35+. The van der Waals surface area contributed by atoms with Crippen molar-refractivity contribution in [3.8, 4) is 11.1 Å². The van der Waals surface area contributed by atoms with Gasteiger partial charge in [0.15, 0.2) is 23.3 Å². The topological polar surface area (TPSA) is 0 Å². The Bertz CT molecular complexity index is 1480. The van der Waals surface area contributed by atoms with Crippen LogP contribution in [0.1, 0.15) is 107 Å². The van der Waals surface area contributed by atoms with Gasteiger partial charge in [-0.25, -0.2) is 26.3 Å². The van der Waals surface area contributed by atoms with Gasteiger partial charge in [0.25, 0.3) is 0 Å². The van der Waals surface area contributed by atoms with E-state index in [1.165, 1.54) is 37.3 Å². The van der Waals surface area contributed by atoms with E-state index in [0.717, 1.165) is 63.1 Å². The molecule has 0 atom stereocenters. The fourth-order valence-electron chi connectivity index (χ4n) is 7.16. The molecule has 2 saturated carbocycles. The molecule has 0 aliphatic heterocycles. The number of aryl methyl sites for hydroxylation is 1. The maximum Gasteiger partial charge on any atom is 0.194 e. The van der Waals surface area contributed by atoms with E-state index in [1.54, 1.807) is 6.07 Å². The van der Waals surface area contributed by atoms with Crippen LogP contribution in [0.4, 0.5) is 26.3 Å². The van der Waals surface area contributed by atoms with E-state index in [4.69, 9.17) is 0 Å². The summed E-state index contributed by atoms with van der Waals surface area (Å²) in [7, 11) is 0. The van der Waals surface area contributed by atoms with Gasteiger partial charge in [-0.2, -0.15) is 0 Å². The van der Waals surface area contributed by atoms with Gasteiger partial charge in [-0.15, -0.1) is 0 Å². The highest BCUT2D eigenvalue weighted by Crippen LogP contribution is 2.39. The van der Waals surface area contributed by atoms with Crippen LogP contribution < -0.4 is 0 Å². The van der Waals surface area contributed by atoms with Gasteiger partial charge in [0.05, 0.1) is 0 Å². The fraction of sp³-hybridized carbons (Fsp3) is 0.450. The van der Waals surface area contributed by atoms with Crippen molar-refractivity contribution in [1.29, 1.82) is 0 Å². The molecular formula is C40H44F6. The zero-order valence-electron chi connectivity index (χ0n) is 26.6. The first kappa shape index (κ1) is 34.1. The highest BCUT2D eigenvalue weighted by atomic mass is 19.2. The summed E-state index contributed by atoms with van der Waals surface area (Å²) < 4.78 is 83.9. The van der Waals surface area contributed by atoms with Crippen LogP contribution in [-0.4, -0.2) is 0 Å². The van der Waals surface area contributed by atoms with Crippen LogP contribution in [0, 0.1) is 41.0 Å². The molecule has 0 aromatic heterocycles. The normalized spacial score (nSPS) is 22.7. The predicted octanol–water partition coefficient (Wildman–Crippen LogP) is 13.0. The van der Waals surface area contributed by atoms with Gasteiger partial charge < -0.3 is 0 Å². The summed E-state index contributed by atoms with van der Waals surface area (Å²) in [6, 6.07) is 14.0. The summed E-state index contributed by atoms with van der Waals surface area (Å²) in [6.45, 7) is 1.92. The van der Waals surface area contributed by atoms with E-state index >= 15 is 0 Å². The third kappa shape index (κ3) is 8.74. The molecule has 0 amide bonds. The number of hydrogen-bond acceptors (Lipinski definition) is 0. The number of hydrogen-bond donors (Lipinski definition) is 0. The number of halogens is 6. The van der Waals surface area contributed by atoms with E-state index in [9.17, 15) is 26.3 Å². The Morgan fingerprint density at radius 1 is 0.696 bits per heavy atom. The molecule has 0 N–H and O–H groups in total. The highest BCUT2D eigenvalue weighted by molar-refractivity contribution is 5.64. The number of allylic oxidation sites excluding steroid dienone is 3. The molecule has 2 aliphatic rings. The molecule has 0 nitrogen and oxygen atoms in total. The maximum atomic E-state index is 14.9. The lowest BCUT2D eigenvalue weighted by molar-refractivity contribution is 0.294. The summed E-state index contributed by atoms with van der Waals surface area (Å²) in [5.41, 5.74) is 2.75. The van der Waals surface area contributed by atoms with Crippen molar-refractivity contribution in [2.24, 2.45) is 17.8 Å². The van der Waals surface area contributed by atoms with Crippen LogP contribution in [-0.2, 0) is 6.42 Å². The summed E-state index contributed by atoms with van der Waals surface area (Å²) >= 11 is 0. The van der Waals surface area contributed by atoms with Crippen LogP contribution in [0.2, 0.25) is 0 Å². The maximum absolute atomic E-state index is 14.9. The van der Waals surface area contributed by atoms with Crippen molar-refractivity contribution in [1.82, 2.24) is 0 Å². The molecule has 0 spiro atoms. The summed E-state index contributed by atoms with van der Waals surface area (Å²) in [6.07, 6.45) is 16.7. The van der Waals surface area contributed by atoms with Crippen molar-refractivity contribution < 1.29 is 26.3 Å². The molecule has 0 unspecified atom stereocenters. The van der Waals surface area contributed by atoms with Gasteiger partial charge in [-0.05, 0) is 135 Å². The summed E-state index contributed by atoms with van der Waals surface area (Å²) in [5.74, 6) is -4.14. The lowest BCUT2D eigenvalue weighted by Gasteiger charge is -2.29. The average Bonchev–Trinajstić information content (AvgIpc) is 3.08. The first-order valence-electron chi connectivity index (χ1n) is 17.0. The second-order valence-corrected chi connectivity index (χ2v) is 13.3. The van der Waals surface area contributed by atoms with Crippen LogP contribution in [0.15, 0.2) is 72.6 Å². The van der Waals surface area contributed by atoms with Crippen LogP contribution in [0.25, 0.3) is 17.0 Å². The van der Waals surface area contributed by atoms with Gasteiger partial charge >= 0.3 is 0 Å². The molecule has 246 valence electrons. The monoisotopic (exact) mass is 638 g/mol. The predicted molar refractivity (Wildman–Crippen MR) is 174 cm³/mol. The first-order valence-corrected chi connectivity index (χ1v) is 17.0. The zero-order chi connectivity index (χ0) is 32.6. The Kier molecular flexibility index (Phi) is 11.9. The SMILES string of the molecule is CCCC/C(F)=C(\F)c1ccc(C2CCC(/C=C/C3CCC(CCc4ccc(-c5cc(F)c(F)c(F)c5)cc4)CC3)CC2)c(F)c1. The molecule has 0 saturated heterocycles. The molecular weight excluding hydrogens is 594 g/mol. The Morgan fingerprint density at radius 2 is 1.30 bits per heavy atom. The minimum absolute atomic E-state index is 0.0176. The molecule has 2 fully saturated rings. The van der Waals surface area contributed by atoms with Crippen LogP contribution in [0.3, 0.4) is 0 Å². The third-order valence-electron chi connectivity index (χ3n) is 10.1. The van der Waals surface area contributed by atoms with Gasteiger partial charge in [0, 0.05) is 12.0 Å². The minimum Gasteiger partial charge on any atom is -0.209 e. The smallest absolute Gasteiger partial charge is 0.194 e. The Hall–Kier alpha value is -3.28. The van der Waals surface area contributed by atoms with Gasteiger partial charge in [0.1, 0.15) is 11.6 Å². The minimum atomic E-state index is -1.45.